The van der Waals surface area contributed by atoms with Crippen LogP contribution in [0, 0.1) is 0 Å². The number of oxazole rings is 1. The van der Waals surface area contributed by atoms with Crippen molar-refractivity contribution in [3.05, 3.63) is 78.2 Å². The number of carbonyl (C=O) groups is 1. The van der Waals surface area contributed by atoms with E-state index < -0.39 is 0 Å². The minimum atomic E-state index is -0.198. The molecule has 0 aliphatic rings. The predicted octanol–water partition coefficient (Wildman–Crippen LogP) is 3.76. The van der Waals surface area contributed by atoms with Gasteiger partial charge in [-0.2, -0.15) is 0 Å². The molecule has 116 valence electrons. The zero-order valence-corrected chi connectivity index (χ0v) is 12.9. The lowest BCUT2D eigenvalue weighted by atomic mass is 10.0. The minimum Gasteiger partial charge on any atom is -0.444 e. The summed E-state index contributed by atoms with van der Waals surface area (Å²) in [5.41, 5.74) is 2.62. The van der Waals surface area contributed by atoms with Gasteiger partial charge in [-0.15, -0.1) is 0 Å². The Bertz CT molecular complexity index is 766. The summed E-state index contributed by atoms with van der Waals surface area (Å²) in [5, 5.41) is 2.90. The van der Waals surface area contributed by atoms with Gasteiger partial charge in [-0.25, -0.2) is 4.98 Å². The van der Waals surface area contributed by atoms with E-state index >= 15 is 0 Å². The predicted molar refractivity (Wildman–Crippen MR) is 88.6 cm³/mol. The van der Waals surface area contributed by atoms with Gasteiger partial charge in [0.05, 0.1) is 18.2 Å². The van der Waals surface area contributed by atoms with Gasteiger partial charge < -0.3 is 9.73 Å². The van der Waals surface area contributed by atoms with Crippen molar-refractivity contribution in [2.45, 2.75) is 19.4 Å². The zero-order chi connectivity index (χ0) is 16.1. The summed E-state index contributed by atoms with van der Waals surface area (Å²) < 4.78 is 5.47. The van der Waals surface area contributed by atoms with Crippen LogP contribution in [0.4, 0.5) is 0 Å². The molecule has 1 amide bonds. The summed E-state index contributed by atoms with van der Waals surface area (Å²) in [4.78, 5) is 16.6. The zero-order valence-electron chi connectivity index (χ0n) is 12.9. The third-order valence-corrected chi connectivity index (χ3v) is 3.71. The average molecular weight is 306 g/mol. The van der Waals surface area contributed by atoms with Crippen molar-refractivity contribution in [1.29, 1.82) is 0 Å². The molecule has 0 aliphatic carbocycles. The third kappa shape index (κ3) is 3.66. The third-order valence-electron chi connectivity index (χ3n) is 3.71. The van der Waals surface area contributed by atoms with E-state index in [2.05, 4.69) is 10.3 Å². The Hall–Kier alpha value is -2.88. The lowest BCUT2D eigenvalue weighted by molar-refractivity contribution is -0.122. The fourth-order valence-corrected chi connectivity index (χ4v) is 2.33. The summed E-state index contributed by atoms with van der Waals surface area (Å²) in [6.45, 7) is 2.25. The largest absolute Gasteiger partial charge is 0.444 e. The number of rotatable bonds is 5. The molecule has 0 bridgehead atoms. The summed E-state index contributed by atoms with van der Waals surface area (Å²) in [6.07, 6.45) is 1.58. The number of hydrogen-bond donors (Lipinski definition) is 1. The molecule has 23 heavy (non-hydrogen) atoms. The smallest absolute Gasteiger partial charge is 0.227 e. The first-order valence-electron chi connectivity index (χ1n) is 7.56. The summed E-state index contributed by atoms with van der Waals surface area (Å²) in [7, 11) is 0. The number of nitrogens with zero attached hydrogens (tertiary/aromatic N) is 1. The van der Waals surface area contributed by atoms with Gasteiger partial charge in [0, 0.05) is 5.56 Å². The van der Waals surface area contributed by atoms with Crippen LogP contribution in [-0.2, 0) is 11.3 Å². The van der Waals surface area contributed by atoms with Gasteiger partial charge >= 0.3 is 0 Å². The first-order chi connectivity index (χ1) is 11.2. The van der Waals surface area contributed by atoms with E-state index in [4.69, 9.17) is 4.42 Å². The van der Waals surface area contributed by atoms with Crippen LogP contribution in [0.2, 0.25) is 0 Å². The molecule has 0 saturated carbocycles. The Morgan fingerprint density at radius 1 is 1.09 bits per heavy atom. The number of nitrogens with one attached hydrogen (secondary N) is 1. The van der Waals surface area contributed by atoms with E-state index in [0.29, 0.717) is 18.1 Å². The van der Waals surface area contributed by atoms with Crippen molar-refractivity contribution in [3.8, 4) is 11.5 Å². The van der Waals surface area contributed by atoms with Crippen molar-refractivity contribution in [2.75, 3.05) is 0 Å². The van der Waals surface area contributed by atoms with Crippen LogP contribution in [0.5, 0.6) is 0 Å². The Balaban J connectivity index is 1.61. The molecule has 3 rings (SSSR count). The molecule has 0 saturated heterocycles. The number of amides is 1. The Morgan fingerprint density at radius 2 is 1.74 bits per heavy atom. The summed E-state index contributed by atoms with van der Waals surface area (Å²) >= 11 is 0. The second-order valence-corrected chi connectivity index (χ2v) is 5.36. The molecule has 1 N–H and O–H groups in total. The molecular weight excluding hydrogens is 288 g/mol. The van der Waals surface area contributed by atoms with Crippen LogP contribution in [0.1, 0.15) is 24.1 Å². The highest BCUT2D eigenvalue weighted by molar-refractivity contribution is 5.83. The van der Waals surface area contributed by atoms with Crippen LogP contribution in [-0.4, -0.2) is 10.9 Å². The van der Waals surface area contributed by atoms with Gasteiger partial charge in [-0.05, 0) is 24.6 Å². The van der Waals surface area contributed by atoms with Crippen molar-refractivity contribution in [3.63, 3.8) is 0 Å². The maximum absolute atomic E-state index is 12.2. The van der Waals surface area contributed by atoms with Crippen LogP contribution in [0.25, 0.3) is 11.5 Å². The molecule has 1 atom stereocenters. The normalized spacial score (nSPS) is 11.9. The fourth-order valence-electron chi connectivity index (χ4n) is 2.33. The molecule has 4 nitrogen and oxygen atoms in total. The summed E-state index contributed by atoms with van der Waals surface area (Å²) in [6, 6.07) is 19.4. The standard InChI is InChI=1S/C19H18N2O2/c1-14(15-8-4-2-5-9-15)18(22)20-12-17-13-23-19(21-17)16-10-6-3-7-11-16/h2-11,13-14H,12H2,1H3,(H,20,22)/t14-/m0/s1. The van der Waals surface area contributed by atoms with Gasteiger partial charge in [0.25, 0.3) is 0 Å². The van der Waals surface area contributed by atoms with Gasteiger partial charge in [0.1, 0.15) is 6.26 Å². The van der Waals surface area contributed by atoms with E-state index in [1.165, 1.54) is 0 Å². The number of benzene rings is 2. The maximum atomic E-state index is 12.2. The van der Waals surface area contributed by atoms with Crippen LogP contribution in [0.15, 0.2) is 71.3 Å². The quantitative estimate of drug-likeness (QED) is 0.781. The maximum Gasteiger partial charge on any atom is 0.227 e. The van der Waals surface area contributed by atoms with Crippen LogP contribution < -0.4 is 5.32 Å². The molecule has 1 heterocycles. The molecule has 0 spiro atoms. The Morgan fingerprint density at radius 3 is 2.43 bits per heavy atom. The van der Waals surface area contributed by atoms with Crippen molar-refractivity contribution >= 4 is 5.91 Å². The van der Waals surface area contributed by atoms with Crippen molar-refractivity contribution in [1.82, 2.24) is 10.3 Å². The fraction of sp³-hybridized carbons (Fsp3) is 0.158. The van der Waals surface area contributed by atoms with E-state index in [0.717, 1.165) is 11.1 Å². The molecular formula is C19H18N2O2. The average Bonchev–Trinajstić information content (AvgIpc) is 3.09. The first kappa shape index (κ1) is 15.0. The van der Waals surface area contributed by atoms with Gasteiger partial charge in [0.15, 0.2) is 0 Å². The van der Waals surface area contributed by atoms with Gasteiger partial charge in [0.2, 0.25) is 11.8 Å². The molecule has 3 aromatic rings. The number of hydrogen-bond acceptors (Lipinski definition) is 3. The van der Waals surface area contributed by atoms with Gasteiger partial charge in [-0.3, -0.25) is 4.79 Å². The highest BCUT2D eigenvalue weighted by Crippen LogP contribution is 2.18. The van der Waals surface area contributed by atoms with Crippen molar-refractivity contribution < 1.29 is 9.21 Å². The van der Waals surface area contributed by atoms with E-state index in [9.17, 15) is 4.79 Å². The lowest BCUT2D eigenvalue weighted by Crippen LogP contribution is -2.27. The molecule has 0 radical (unpaired) electrons. The first-order valence-corrected chi connectivity index (χ1v) is 7.56. The number of carbonyl (C=O) groups excluding carboxylic acids is 1. The van der Waals surface area contributed by atoms with Gasteiger partial charge in [-0.1, -0.05) is 48.5 Å². The lowest BCUT2D eigenvalue weighted by Gasteiger charge is -2.11. The molecule has 0 unspecified atom stereocenters. The topological polar surface area (TPSA) is 55.1 Å². The second kappa shape index (κ2) is 6.92. The second-order valence-electron chi connectivity index (χ2n) is 5.36. The van der Waals surface area contributed by atoms with Crippen LogP contribution >= 0.6 is 0 Å². The number of aromatic nitrogens is 1. The Labute approximate surface area is 135 Å². The highest BCUT2D eigenvalue weighted by Gasteiger charge is 2.15. The SMILES string of the molecule is C[C@H](C(=O)NCc1coc(-c2ccccc2)n1)c1ccccc1. The van der Waals surface area contributed by atoms with Crippen molar-refractivity contribution in [2.24, 2.45) is 0 Å². The van der Waals surface area contributed by atoms with E-state index in [1.54, 1.807) is 6.26 Å². The summed E-state index contributed by atoms with van der Waals surface area (Å²) in [5.74, 6) is 0.336. The highest BCUT2D eigenvalue weighted by atomic mass is 16.3. The van der Waals surface area contributed by atoms with E-state index in [-0.39, 0.29) is 11.8 Å². The monoisotopic (exact) mass is 306 g/mol. The Kier molecular flexibility index (Phi) is 4.52. The molecule has 2 aromatic carbocycles. The molecule has 1 aromatic heterocycles. The molecule has 4 heteroatoms. The molecule has 0 aliphatic heterocycles. The molecule has 0 fully saturated rings. The minimum absolute atomic E-state index is 0.0274. The van der Waals surface area contributed by atoms with E-state index in [1.807, 2.05) is 67.6 Å². The van der Waals surface area contributed by atoms with Crippen LogP contribution in [0.3, 0.4) is 0 Å².